The summed E-state index contributed by atoms with van der Waals surface area (Å²) in [5.41, 5.74) is 0. The van der Waals surface area contributed by atoms with E-state index in [1.165, 1.54) is 0 Å². The van der Waals surface area contributed by atoms with Crippen LogP contribution in [0.15, 0.2) is 12.4 Å². The van der Waals surface area contributed by atoms with E-state index in [2.05, 4.69) is 22.2 Å². The molecule has 0 amide bonds. The molecule has 2 N–H and O–H groups in total. The second-order valence-electron chi connectivity index (χ2n) is 0.951. The first-order valence-corrected chi connectivity index (χ1v) is 2.02. The Morgan fingerprint density at radius 3 is 2.17 bits per heavy atom. The minimum atomic E-state index is 0. The van der Waals surface area contributed by atoms with E-state index in [9.17, 15) is 0 Å². The Morgan fingerprint density at radius 2 is 2.00 bits per heavy atom. The minimum absolute atomic E-state index is 0. The Bertz CT molecular complexity index is 153. The topological polar surface area (TPSA) is 31.6 Å². The summed E-state index contributed by atoms with van der Waals surface area (Å²) < 4.78 is 0.676. The van der Waals surface area contributed by atoms with Crippen molar-refractivity contribution >= 4 is 12.2 Å². The molecule has 1 heterocycles. The molecule has 1 aromatic heterocycles. The van der Waals surface area contributed by atoms with Crippen LogP contribution >= 0.6 is 12.2 Å². The molecule has 36 valence electrons. The number of rotatable bonds is 0. The molecule has 0 saturated carbocycles. The lowest BCUT2D eigenvalue weighted by Crippen LogP contribution is -1.54. The van der Waals surface area contributed by atoms with E-state index >= 15 is 0 Å². The van der Waals surface area contributed by atoms with Gasteiger partial charge in [0.2, 0.25) is 0 Å². The van der Waals surface area contributed by atoms with Crippen LogP contribution in [0.2, 0.25) is 0 Å². The molecule has 6 heavy (non-hydrogen) atoms. The van der Waals surface area contributed by atoms with Crippen molar-refractivity contribution in [2.45, 2.75) is 0 Å². The molecule has 1 aromatic rings. The molecular weight excluding hydrogens is 96.1 g/mol. The SMILES string of the molecule is S=c1[nH]cc[nH]1.[HH].[HH]. The summed E-state index contributed by atoms with van der Waals surface area (Å²) in [6.07, 6.45) is 3.50. The monoisotopic (exact) mass is 104 g/mol. The quantitative estimate of drug-likeness (QED) is 0.481. The molecular formula is C3H8N2S. The maximum absolute atomic E-state index is 4.63. The van der Waals surface area contributed by atoms with Crippen LogP contribution in [0.25, 0.3) is 0 Å². The number of H-pyrrole nitrogens is 2. The summed E-state index contributed by atoms with van der Waals surface area (Å²) in [4.78, 5) is 5.52. The largest absolute Gasteiger partial charge is 0.338 e. The van der Waals surface area contributed by atoms with Crippen LogP contribution < -0.4 is 0 Å². The van der Waals surface area contributed by atoms with Crippen molar-refractivity contribution < 1.29 is 2.85 Å². The number of imidazole rings is 1. The maximum atomic E-state index is 4.63. The summed E-state index contributed by atoms with van der Waals surface area (Å²) in [7, 11) is 0. The molecule has 0 fully saturated rings. The predicted octanol–water partition coefficient (Wildman–Crippen LogP) is 1.56. The lowest BCUT2D eigenvalue weighted by atomic mass is 11.0. The van der Waals surface area contributed by atoms with E-state index < -0.39 is 0 Å². The van der Waals surface area contributed by atoms with Crippen LogP contribution in [0.3, 0.4) is 0 Å². The smallest absolute Gasteiger partial charge is 0.174 e. The third-order valence-corrected chi connectivity index (χ3v) is 0.748. The van der Waals surface area contributed by atoms with Crippen molar-refractivity contribution in [3.05, 3.63) is 17.2 Å². The Labute approximate surface area is 43.2 Å². The van der Waals surface area contributed by atoms with Gasteiger partial charge >= 0.3 is 0 Å². The van der Waals surface area contributed by atoms with E-state index in [-0.39, 0.29) is 2.85 Å². The highest BCUT2D eigenvalue weighted by Gasteiger charge is 1.64. The molecule has 0 aromatic carbocycles. The van der Waals surface area contributed by atoms with Crippen molar-refractivity contribution in [2.24, 2.45) is 0 Å². The van der Waals surface area contributed by atoms with Gasteiger partial charge in [0.15, 0.2) is 4.77 Å². The second-order valence-corrected chi connectivity index (χ2v) is 1.36. The highest BCUT2D eigenvalue weighted by molar-refractivity contribution is 7.71. The lowest BCUT2D eigenvalue weighted by molar-refractivity contribution is 1.27. The van der Waals surface area contributed by atoms with Crippen molar-refractivity contribution in [3.63, 3.8) is 0 Å². The summed E-state index contributed by atoms with van der Waals surface area (Å²) in [5.74, 6) is 0. The van der Waals surface area contributed by atoms with E-state index in [0.29, 0.717) is 4.77 Å². The number of aromatic nitrogens is 2. The van der Waals surface area contributed by atoms with Crippen molar-refractivity contribution in [3.8, 4) is 0 Å². The van der Waals surface area contributed by atoms with E-state index in [4.69, 9.17) is 0 Å². The third-order valence-electron chi connectivity index (χ3n) is 0.512. The summed E-state index contributed by atoms with van der Waals surface area (Å²) in [6.45, 7) is 0. The second kappa shape index (κ2) is 1.26. The van der Waals surface area contributed by atoms with E-state index in [0.717, 1.165) is 0 Å². The maximum Gasteiger partial charge on any atom is 0.174 e. The van der Waals surface area contributed by atoms with Gasteiger partial charge in [-0.3, -0.25) is 0 Å². The van der Waals surface area contributed by atoms with Gasteiger partial charge in [-0.05, 0) is 12.2 Å². The first-order valence-electron chi connectivity index (χ1n) is 1.61. The molecule has 0 saturated heterocycles. The van der Waals surface area contributed by atoms with Gasteiger partial charge in [-0.15, -0.1) is 0 Å². The molecule has 0 atom stereocenters. The van der Waals surface area contributed by atoms with Crippen LogP contribution in [-0.4, -0.2) is 9.97 Å². The van der Waals surface area contributed by atoms with E-state index in [1.807, 2.05) is 0 Å². The first-order chi connectivity index (χ1) is 2.89. The van der Waals surface area contributed by atoms with Crippen LogP contribution in [0.1, 0.15) is 2.85 Å². The van der Waals surface area contributed by atoms with Gasteiger partial charge in [-0.1, -0.05) is 0 Å². The Balaban J connectivity index is 0. The Morgan fingerprint density at radius 1 is 1.50 bits per heavy atom. The lowest BCUT2D eigenvalue weighted by Gasteiger charge is -1.56. The molecule has 2 nitrogen and oxygen atoms in total. The summed E-state index contributed by atoms with van der Waals surface area (Å²) >= 11 is 4.63. The molecule has 1 rings (SSSR count). The van der Waals surface area contributed by atoms with Gasteiger partial charge in [0.1, 0.15) is 0 Å². The van der Waals surface area contributed by atoms with Gasteiger partial charge < -0.3 is 9.97 Å². The Kier molecular flexibility index (Phi) is 0.759. The van der Waals surface area contributed by atoms with Gasteiger partial charge in [-0.25, -0.2) is 0 Å². The fourth-order valence-electron chi connectivity index (χ4n) is 0.276. The zero-order chi connectivity index (χ0) is 4.41. The highest BCUT2D eigenvalue weighted by Crippen LogP contribution is 1.72. The third kappa shape index (κ3) is 0.490. The summed E-state index contributed by atoms with van der Waals surface area (Å²) in [5, 5.41) is 0. The number of hydrogen-bond acceptors (Lipinski definition) is 1. The summed E-state index contributed by atoms with van der Waals surface area (Å²) in [6, 6.07) is 0. The van der Waals surface area contributed by atoms with Crippen LogP contribution in [0.4, 0.5) is 0 Å². The normalized spacial score (nSPS) is 8.67. The van der Waals surface area contributed by atoms with Gasteiger partial charge in [0, 0.05) is 15.2 Å². The minimum Gasteiger partial charge on any atom is -0.338 e. The van der Waals surface area contributed by atoms with Crippen molar-refractivity contribution in [2.75, 3.05) is 0 Å². The highest BCUT2D eigenvalue weighted by atomic mass is 32.1. The standard InChI is InChI=1S/C3H4N2S.2H2/c6-3-4-1-2-5-3;;/h1-2H,(H2,4,5,6);2*1H. The molecule has 0 aliphatic carbocycles. The Hall–Kier alpha value is -0.570. The number of nitrogens with one attached hydrogen (secondary N) is 2. The van der Waals surface area contributed by atoms with Crippen molar-refractivity contribution in [1.82, 2.24) is 9.97 Å². The number of aromatic amines is 2. The van der Waals surface area contributed by atoms with Gasteiger partial charge in [0.25, 0.3) is 0 Å². The van der Waals surface area contributed by atoms with Gasteiger partial charge in [0.05, 0.1) is 0 Å². The predicted molar refractivity (Wildman–Crippen MR) is 30.2 cm³/mol. The van der Waals surface area contributed by atoms with Gasteiger partial charge in [-0.2, -0.15) is 0 Å². The van der Waals surface area contributed by atoms with Crippen LogP contribution in [-0.2, 0) is 0 Å². The fourth-order valence-corrected chi connectivity index (χ4v) is 0.412. The molecule has 0 aliphatic rings. The molecule has 0 unspecified atom stereocenters. The molecule has 0 aliphatic heterocycles. The number of hydrogen-bond donors (Lipinski definition) is 2. The first kappa shape index (κ1) is 3.61. The van der Waals surface area contributed by atoms with Crippen molar-refractivity contribution in [1.29, 1.82) is 0 Å². The zero-order valence-corrected chi connectivity index (χ0v) is 3.88. The van der Waals surface area contributed by atoms with E-state index in [1.54, 1.807) is 12.4 Å². The molecule has 3 heteroatoms. The molecule has 0 radical (unpaired) electrons. The fraction of sp³-hybridized carbons (Fsp3) is 0. The molecule has 0 spiro atoms. The zero-order valence-electron chi connectivity index (χ0n) is 3.06. The average molecular weight is 104 g/mol. The molecule has 0 bridgehead atoms. The average Bonchev–Trinajstić information content (AvgIpc) is 1.86. The van der Waals surface area contributed by atoms with Crippen LogP contribution in [0.5, 0.6) is 0 Å². The van der Waals surface area contributed by atoms with Crippen LogP contribution in [0, 0.1) is 4.77 Å².